The van der Waals surface area contributed by atoms with Gasteiger partial charge in [-0.3, -0.25) is 9.59 Å². The van der Waals surface area contributed by atoms with E-state index in [1.165, 1.54) is 6.07 Å². The number of carbonyl (C=O) groups is 2. The van der Waals surface area contributed by atoms with Gasteiger partial charge in [0, 0.05) is 38.3 Å². The molecule has 2 aliphatic rings. The first kappa shape index (κ1) is 23.4. The number of anilines is 1. The molecule has 2 saturated heterocycles. The smallest absolute Gasteiger partial charge is 0.243 e. The third kappa shape index (κ3) is 5.81. The average molecular weight is 470 g/mol. The number of benzene rings is 2. The summed E-state index contributed by atoms with van der Waals surface area (Å²) in [6, 6.07) is 16.4. The Bertz CT molecular complexity index is 1080. The monoisotopic (exact) mass is 469 g/mol. The zero-order valence-corrected chi connectivity index (χ0v) is 19.6. The first-order valence-corrected chi connectivity index (χ1v) is 13.1. The molecule has 2 amide bonds. The van der Waals surface area contributed by atoms with E-state index in [2.05, 4.69) is 5.32 Å². The number of likely N-dealkylation sites (tertiary alicyclic amines) is 1. The predicted octanol–water partition coefficient (Wildman–Crippen LogP) is 3.28. The normalized spacial score (nSPS) is 19.9. The van der Waals surface area contributed by atoms with Crippen LogP contribution in [0.15, 0.2) is 59.5 Å². The van der Waals surface area contributed by atoms with Gasteiger partial charge in [-0.15, -0.1) is 0 Å². The number of hydrogen-bond donors (Lipinski definition) is 1. The van der Waals surface area contributed by atoms with Crippen molar-refractivity contribution < 1.29 is 18.0 Å². The molecular formula is C25H31N3O4S. The summed E-state index contributed by atoms with van der Waals surface area (Å²) in [4.78, 5) is 27.2. The first-order valence-electron chi connectivity index (χ1n) is 11.7. The van der Waals surface area contributed by atoms with Crippen molar-refractivity contribution >= 4 is 27.5 Å². The fraction of sp³-hybridized carbons (Fsp3) is 0.440. The van der Waals surface area contributed by atoms with Gasteiger partial charge in [0.1, 0.15) is 0 Å². The molecule has 2 aromatic carbocycles. The number of nitrogens with one attached hydrogen (secondary N) is 1. The quantitative estimate of drug-likeness (QED) is 0.674. The van der Waals surface area contributed by atoms with E-state index >= 15 is 0 Å². The van der Waals surface area contributed by atoms with Crippen LogP contribution in [0.1, 0.15) is 37.7 Å². The lowest BCUT2D eigenvalue weighted by atomic mass is 10.1. The van der Waals surface area contributed by atoms with Crippen LogP contribution in [-0.4, -0.2) is 55.6 Å². The molecule has 0 aliphatic carbocycles. The van der Waals surface area contributed by atoms with Gasteiger partial charge >= 0.3 is 0 Å². The first-order chi connectivity index (χ1) is 15.9. The lowest BCUT2D eigenvalue weighted by Gasteiger charge is -2.20. The summed E-state index contributed by atoms with van der Waals surface area (Å²) in [6.45, 7) is 2.02. The summed E-state index contributed by atoms with van der Waals surface area (Å²) in [5.74, 6) is -0.724. The highest BCUT2D eigenvalue weighted by atomic mass is 32.2. The predicted molar refractivity (Wildman–Crippen MR) is 127 cm³/mol. The Hall–Kier alpha value is -2.71. The van der Waals surface area contributed by atoms with Crippen LogP contribution in [0, 0.1) is 5.92 Å². The minimum Gasteiger partial charge on any atom is -0.342 e. The maximum Gasteiger partial charge on any atom is 0.243 e. The molecule has 8 heteroatoms. The van der Waals surface area contributed by atoms with Crippen molar-refractivity contribution in [1.82, 2.24) is 9.21 Å². The molecule has 1 unspecified atom stereocenters. The molecule has 1 atom stereocenters. The molecule has 33 heavy (non-hydrogen) atoms. The number of rotatable bonds is 7. The van der Waals surface area contributed by atoms with E-state index in [9.17, 15) is 18.0 Å². The molecule has 176 valence electrons. The van der Waals surface area contributed by atoms with Crippen LogP contribution in [0.25, 0.3) is 0 Å². The van der Waals surface area contributed by atoms with Crippen molar-refractivity contribution in [2.45, 2.75) is 43.4 Å². The highest BCUT2D eigenvalue weighted by molar-refractivity contribution is 7.89. The third-order valence-corrected chi connectivity index (χ3v) is 8.30. The second-order valence-corrected chi connectivity index (χ2v) is 10.7. The Morgan fingerprint density at radius 2 is 1.70 bits per heavy atom. The summed E-state index contributed by atoms with van der Waals surface area (Å²) in [5, 5.41) is 2.83. The van der Waals surface area contributed by atoms with Gasteiger partial charge < -0.3 is 10.2 Å². The van der Waals surface area contributed by atoms with Crippen LogP contribution < -0.4 is 5.32 Å². The molecule has 2 aliphatic heterocycles. The molecular weight excluding hydrogens is 438 g/mol. The van der Waals surface area contributed by atoms with Crippen molar-refractivity contribution in [2.24, 2.45) is 5.92 Å². The van der Waals surface area contributed by atoms with Gasteiger partial charge in [0.25, 0.3) is 0 Å². The Morgan fingerprint density at radius 3 is 2.42 bits per heavy atom. The third-order valence-electron chi connectivity index (χ3n) is 6.40. The molecule has 1 N–H and O–H groups in total. The van der Waals surface area contributed by atoms with E-state index in [-0.39, 0.29) is 23.1 Å². The van der Waals surface area contributed by atoms with Gasteiger partial charge in [-0.25, -0.2) is 8.42 Å². The molecule has 2 aromatic rings. The van der Waals surface area contributed by atoms with Crippen molar-refractivity contribution in [3.63, 3.8) is 0 Å². The second kappa shape index (κ2) is 10.5. The van der Waals surface area contributed by atoms with Gasteiger partial charge in [-0.2, -0.15) is 4.31 Å². The van der Waals surface area contributed by atoms with Crippen molar-refractivity contribution in [1.29, 1.82) is 0 Å². The Morgan fingerprint density at radius 1 is 0.970 bits per heavy atom. The Labute approximate surface area is 195 Å². The molecule has 2 heterocycles. The van der Waals surface area contributed by atoms with Gasteiger partial charge in [-0.05, 0) is 43.0 Å². The Kier molecular flexibility index (Phi) is 7.45. The highest BCUT2D eigenvalue weighted by Crippen LogP contribution is 2.24. The summed E-state index contributed by atoms with van der Waals surface area (Å²) in [7, 11) is -3.59. The fourth-order valence-corrected chi connectivity index (χ4v) is 6.05. The van der Waals surface area contributed by atoms with Crippen LogP contribution in [-0.2, 0) is 26.0 Å². The number of sulfonamides is 1. The fourth-order valence-electron chi connectivity index (χ4n) is 4.48. The molecule has 0 spiro atoms. The van der Waals surface area contributed by atoms with Gasteiger partial charge in [0.05, 0.1) is 10.8 Å². The van der Waals surface area contributed by atoms with Gasteiger partial charge in [-0.1, -0.05) is 49.2 Å². The number of hydrogen-bond acceptors (Lipinski definition) is 4. The minimum absolute atomic E-state index is 0.0245. The van der Waals surface area contributed by atoms with Crippen LogP contribution in [0.4, 0.5) is 5.69 Å². The molecule has 4 rings (SSSR count). The van der Waals surface area contributed by atoms with Crippen molar-refractivity contribution in [3.05, 3.63) is 60.2 Å². The summed E-state index contributed by atoms with van der Waals surface area (Å²) in [6.07, 6.45) is 4.75. The molecule has 0 saturated carbocycles. The minimum atomic E-state index is -3.59. The number of amides is 2. The zero-order valence-electron chi connectivity index (χ0n) is 18.8. The summed E-state index contributed by atoms with van der Waals surface area (Å²) in [5.41, 5.74) is 1.59. The highest BCUT2D eigenvalue weighted by Gasteiger charge is 2.34. The van der Waals surface area contributed by atoms with Crippen LogP contribution >= 0.6 is 0 Å². The number of carbonyl (C=O) groups excluding carboxylic acids is 2. The SMILES string of the molecule is O=C(Nc1cccc(S(=O)(=O)N2CCCCCC2)c1)C1CC(=O)N(CCc2ccccc2)C1. The van der Waals surface area contributed by atoms with Crippen molar-refractivity contribution in [3.8, 4) is 0 Å². The van der Waals surface area contributed by atoms with E-state index in [1.807, 2.05) is 30.3 Å². The number of nitrogens with zero attached hydrogens (tertiary/aromatic N) is 2. The van der Waals surface area contributed by atoms with E-state index < -0.39 is 15.9 Å². The Balaban J connectivity index is 1.37. The van der Waals surface area contributed by atoms with Crippen LogP contribution in [0.2, 0.25) is 0 Å². The lowest BCUT2D eigenvalue weighted by Crippen LogP contribution is -2.32. The van der Waals surface area contributed by atoms with Crippen molar-refractivity contribution in [2.75, 3.05) is 31.5 Å². The van der Waals surface area contributed by atoms with E-state index in [0.717, 1.165) is 37.7 Å². The largest absolute Gasteiger partial charge is 0.342 e. The molecule has 0 aromatic heterocycles. The standard InChI is InChI=1S/C25H31N3O4S/c29-24-17-21(19-27(24)16-13-20-9-4-3-5-10-20)25(30)26-22-11-8-12-23(18-22)33(31,32)28-14-6-1-2-7-15-28/h3-5,8-12,18,21H,1-2,6-7,13-17,19H2,(H,26,30). The summed E-state index contributed by atoms with van der Waals surface area (Å²) >= 11 is 0. The van der Waals surface area contributed by atoms with E-state index in [1.54, 1.807) is 27.4 Å². The average Bonchev–Trinajstić information content (AvgIpc) is 3.00. The molecule has 2 fully saturated rings. The van der Waals surface area contributed by atoms with Crippen LogP contribution in [0.3, 0.4) is 0 Å². The van der Waals surface area contributed by atoms with E-state index in [4.69, 9.17) is 0 Å². The van der Waals surface area contributed by atoms with Gasteiger partial charge in [0.15, 0.2) is 0 Å². The molecule has 0 bridgehead atoms. The topological polar surface area (TPSA) is 86.8 Å². The van der Waals surface area contributed by atoms with E-state index in [0.29, 0.717) is 31.9 Å². The zero-order chi connectivity index (χ0) is 23.3. The molecule has 7 nitrogen and oxygen atoms in total. The lowest BCUT2D eigenvalue weighted by molar-refractivity contribution is -0.128. The molecule has 0 radical (unpaired) electrons. The maximum absolute atomic E-state index is 13.1. The summed E-state index contributed by atoms with van der Waals surface area (Å²) < 4.78 is 27.7. The maximum atomic E-state index is 13.1. The van der Waals surface area contributed by atoms with Crippen LogP contribution in [0.5, 0.6) is 0 Å². The second-order valence-electron chi connectivity index (χ2n) is 8.81. The van der Waals surface area contributed by atoms with Gasteiger partial charge in [0.2, 0.25) is 21.8 Å².